The number of nitrogens with zero attached hydrogens (tertiary/aromatic N) is 2. The second-order valence-corrected chi connectivity index (χ2v) is 2.86. The van der Waals surface area contributed by atoms with Gasteiger partial charge in [-0.25, -0.2) is 14.4 Å². The summed E-state index contributed by atoms with van der Waals surface area (Å²) in [5, 5.41) is 5.02. The van der Waals surface area contributed by atoms with Crippen LogP contribution in [0.15, 0.2) is 6.33 Å². The molecule has 82 valence electrons. The predicted molar refractivity (Wildman–Crippen MR) is 53.9 cm³/mol. The number of rotatable bonds is 4. The van der Waals surface area contributed by atoms with Gasteiger partial charge in [-0.15, -0.1) is 0 Å². The van der Waals surface area contributed by atoms with Gasteiger partial charge in [-0.05, 0) is 6.42 Å². The second-order valence-electron chi connectivity index (χ2n) is 2.86. The molecule has 0 aliphatic carbocycles. The Hall–Kier alpha value is -1.72. The van der Waals surface area contributed by atoms with Crippen molar-refractivity contribution in [1.29, 1.82) is 0 Å². The smallest absolute Gasteiger partial charge is 0.239 e. The fourth-order valence-corrected chi connectivity index (χ4v) is 1.03. The van der Waals surface area contributed by atoms with Gasteiger partial charge in [0.15, 0.2) is 11.6 Å². The Kier molecular flexibility index (Phi) is 3.96. The van der Waals surface area contributed by atoms with Crippen LogP contribution in [0.3, 0.4) is 0 Å². The van der Waals surface area contributed by atoms with Gasteiger partial charge in [0.05, 0.1) is 12.2 Å². The zero-order valence-electron chi connectivity index (χ0n) is 8.67. The quantitative estimate of drug-likeness (QED) is 0.755. The van der Waals surface area contributed by atoms with E-state index in [1.807, 2.05) is 0 Å². The van der Waals surface area contributed by atoms with Crippen LogP contribution in [0.5, 0.6) is 0 Å². The predicted octanol–water partition coefficient (Wildman–Crippen LogP) is 0.336. The van der Waals surface area contributed by atoms with Gasteiger partial charge in [0.1, 0.15) is 6.33 Å². The highest BCUT2D eigenvalue weighted by Crippen LogP contribution is 2.12. The lowest BCUT2D eigenvalue weighted by atomic mass is 10.3. The van der Waals surface area contributed by atoms with E-state index in [4.69, 9.17) is 0 Å². The molecule has 1 heterocycles. The largest absolute Gasteiger partial charge is 0.358 e. The maximum absolute atomic E-state index is 13.5. The topological polar surface area (TPSA) is 66.9 Å². The van der Waals surface area contributed by atoms with Gasteiger partial charge in [0.25, 0.3) is 0 Å². The van der Waals surface area contributed by atoms with Crippen LogP contribution in [0, 0.1) is 5.82 Å². The minimum atomic E-state index is -0.496. The van der Waals surface area contributed by atoms with Crippen LogP contribution in [-0.2, 0) is 11.2 Å². The maximum Gasteiger partial charge on any atom is 0.239 e. The first-order chi connectivity index (χ1) is 7.19. The van der Waals surface area contributed by atoms with Crippen LogP contribution in [0.1, 0.15) is 12.6 Å². The fraction of sp³-hybridized carbons (Fsp3) is 0.444. The van der Waals surface area contributed by atoms with Gasteiger partial charge in [0.2, 0.25) is 5.91 Å². The molecular formula is C9H13FN4O. The van der Waals surface area contributed by atoms with Crippen molar-refractivity contribution in [2.75, 3.05) is 18.9 Å². The van der Waals surface area contributed by atoms with Crippen LogP contribution in [0.2, 0.25) is 0 Å². The van der Waals surface area contributed by atoms with Crippen molar-refractivity contribution in [1.82, 2.24) is 15.3 Å². The van der Waals surface area contributed by atoms with Crippen LogP contribution >= 0.6 is 0 Å². The molecule has 1 amide bonds. The summed E-state index contributed by atoms with van der Waals surface area (Å²) in [6, 6.07) is 0. The van der Waals surface area contributed by atoms with Gasteiger partial charge in [-0.2, -0.15) is 0 Å². The fourth-order valence-electron chi connectivity index (χ4n) is 1.03. The molecule has 0 fully saturated rings. The SMILES string of the molecule is CCc1ncnc(NCC(=O)NC)c1F. The highest BCUT2D eigenvalue weighted by molar-refractivity contribution is 5.80. The Labute approximate surface area is 87.1 Å². The zero-order valence-corrected chi connectivity index (χ0v) is 8.67. The van der Waals surface area contributed by atoms with Crippen molar-refractivity contribution >= 4 is 11.7 Å². The Bertz CT molecular complexity index is 356. The average molecular weight is 212 g/mol. The number of carbonyl (C=O) groups is 1. The average Bonchev–Trinajstić information content (AvgIpc) is 2.27. The molecule has 0 bridgehead atoms. The molecular weight excluding hydrogens is 199 g/mol. The molecule has 6 heteroatoms. The van der Waals surface area contributed by atoms with Gasteiger partial charge >= 0.3 is 0 Å². The molecule has 1 aromatic rings. The molecule has 0 unspecified atom stereocenters. The Morgan fingerprint density at radius 1 is 1.53 bits per heavy atom. The molecule has 0 aromatic carbocycles. The van der Waals surface area contributed by atoms with E-state index in [0.717, 1.165) is 0 Å². The molecule has 0 spiro atoms. The van der Waals surface area contributed by atoms with Crippen molar-refractivity contribution in [3.05, 3.63) is 17.8 Å². The lowest BCUT2D eigenvalue weighted by molar-refractivity contribution is -0.118. The molecule has 0 radical (unpaired) electrons. The highest BCUT2D eigenvalue weighted by Gasteiger charge is 2.09. The lowest BCUT2D eigenvalue weighted by Crippen LogP contribution is -2.26. The highest BCUT2D eigenvalue weighted by atomic mass is 19.1. The summed E-state index contributed by atoms with van der Waals surface area (Å²) in [6.45, 7) is 1.79. The number of carbonyl (C=O) groups excluding carboxylic acids is 1. The van der Waals surface area contributed by atoms with E-state index in [2.05, 4.69) is 20.6 Å². The second kappa shape index (κ2) is 5.23. The number of likely N-dealkylation sites (N-methyl/N-ethyl adjacent to an activating group) is 1. The lowest BCUT2D eigenvalue weighted by Gasteiger charge is -2.06. The van der Waals surface area contributed by atoms with Crippen molar-refractivity contribution in [3.8, 4) is 0 Å². The molecule has 2 N–H and O–H groups in total. The number of aryl methyl sites for hydroxylation is 1. The van der Waals surface area contributed by atoms with Gasteiger partial charge < -0.3 is 10.6 Å². The standard InChI is InChI=1S/C9H13FN4O/c1-3-6-8(10)9(14-5-13-6)12-4-7(15)11-2/h5H,3-4H2,1-2H3,(H,11,15)(H,12,13,14). The number of hydrogen-bond donors (Lipinski definition) is 2. The summed E-state index contributed by atoms with van der Waals surface area (Å²) >= 11 is 0. The van der Waals surface area contributed by atoms with E-state index in [0.29, 0.717) is 12.1 Å². The van der Waals surface area contributed by atoms with Crippen LogP contribution in [0.4, 0.5) is 10.2 Å². The first-order valence-corrected chi connectivity index (χ1v) is 4.62. The van der Waals surface area contributed by atoms with Crippen molar-refractivity contribution in [3.63, 3.8) is 0 Å². The Morgan fingerprint density at radius 2 is 2.27 bits per heavy atom. The molecule has 0 saturated carbocycles. The van der Waals surface area contributed by atoms with E-state index >= 15 is 0 Å². The maximum atomic E-state index is 13.5. The molecule has 15 heavy (non-hydrogen) atoms. The van der Waals surface area contributed by atoms with Crippen molar-refractivity contribution in [2.24, 2.45) is 0 Å². The number of anilines is 1. The summed E-state index contributed by atoms with van der Waals surface area (Å²) < 4.78 is 13.5. The van der Waals surface area contributed by atoms with E-state index in [9.17, 15) is 9.18 Å². The molecule has 5 nitrogen and oxygen atoms in total. The minimum absolute atomic E-state index is 0.00636. The monoisotopic (exact) mass is 212 g/mol. The number of nitrogens with one attached hydrogen (secondary N) is 2. The number of aromatic nitrogens is 2. The third-order valence-electron chi connectivity index (χ3n) is 1.89. The molecule has 0 atom stereocenters. The first kappa shape index (κ1) is 11.4. The summed E-state index contributed by atoms with van der Waals surface area (Å²) in [7, 11) is 1.51. The molecule has 1 aromatic heterocycles. The minimum Gasteiger partial charge on any atom is -0.358 e. The third kappa shape index (κ3) is 2.87. The van der Waals surface area contributed by atoms with Crippen LogP contribution in [-0.4, -0.2) is 29.5 Å². The Morgan fingerprint density at radius 3 is 2.87 bits per heavy atom. The number of halogens is 1. The van der Waals surface area contributed by atoms with Crippen LogP contribution < -0.4 is 10.6 Å². The first-order valence-electron chi connectivity index (χ1n) is 4.62. The van der Waals surface area contributed by atoms with E-state index in [-0.39, 0.29) is 18.3 Å². The molecule has 1 rings (SSSR count). The van der Waals surface area contributed by atoms with Crippen molar-refractivity contribution in [2.45, 2.75) is 13.3 Å². The van der Waals surface area contributed by atoms with E-state index in [1.54, 1.807) is 6.92 Å². The zero-order chi connectivity index (χ0) is 11.3. The van der Waals surface area contributed by atoms with Gasteiger partial charge in [-0.3, -0.25) is 4.79 Å². The van der Waals surface area contributed by atoms with E-state index in [1.165, 1.54) is 13.4 Å². The van der Waals surface area contributed by atoms with Crippen LogP contribution in [0.25, 0.3) is 0 Å². The molecule has 0 aliphatic heterocycles. The summed E-state index contributed by atoms with van der Waals surface area (Å²) in [5.74, 6) is -0.666. The normalized spacial score (nSPS) is 9.80. The summed E-state index contributed by atoms with van der Waals surface area (Å²) in [4.78, 5) is 18.4. The van der Waals surface area contributed by atoms with Gasteiger partial charge in [-0.1, -0.05) is 6.92 Å². The number of amides is 1. The van der Waals surface area contributed by atoms with Gasteiger partial charge in [0, 0.05) is 7.05 Å². The summed E-state index contributed by atoms with van der Waals surface area (Å²) in [5.41, 5.74) is 0.337. The number of hydrogen-bond acceptors (Lipinski definition) is 4. The summed E-state index contributed by atoms with van der Waals surface area (Å²) in [6.07, 6.45) is 1.76. The molecule has 0 aliphatic rings. The molecule has 0 saturated heterocycles. The van der Waals surface area contributed by atoms with E-state index < -0.39 is 5.82 Å². The Balaban J connectivity index is 2.73. The van der Waals surface area contributed by atoms with Crippen molar-refractivity contribution < 1.29 is 9.18 Å². The third-order valence-corrected chi connectivity index (χ3v) is 1.89.